The van der Waals surface area contributed by atoms with Crippen LogP contribution in [0.4, 0.5) is 13.2 Å². The Bertz CT molecular complexity index is 1430. The zero-order chi connectivity index (χ0) is 27.9. The van der Waals surface area contributed by atoms with Crippen molar-refractivity contribution in [1.82, 2.24) is 29.3 Å². The minimum atomic E-state index is -4.57. The summed E-state index contributed by atoms with van der Waals surface area (Å²) in [5.41, 5.74) is 1.31. The van der Waals surface area contributed by atoms with Crippen molar-refractivity contribution in [3.63, 3.8) is 0 Å². The molecule has 12 heteroatoms. The van der Waals surface area contributed by atoms with Gasteiger partial charge in [0, 0.05) is 29.9 Å². The molecule has 0 amide bonds. The van der Waals surface area contributed by atoms with E-state index in [-0.39, 0.29) is 29.5 Å². The number of nitrogens with zero attached hydrogens (tertiary/aromatic N) is 6. The average molecular weight is 531 g/mol. The van der Waals surface area contributed by atoms with Crippen LogP contribution in [0.1, 0.15) is 34.6 Å². The molecule has 0 bridgehead atoms. The Morgan fingerprint density at radius 2 is 1.87 bits per heavy atom. The Kier molecular flexibility index (Phi) is 9.11. The molecule has 0 aliphatic rings. The quantitative estimate of drug-likeness (QED) is 0.255. The van der Waals surface area contributed by atoms with Crippen molar-refractivity contribution >= 4 is 17.1 Å². The minimum Gasteiger partial charge on any atom is -0.488 e. The number of rotatable bonds is 10. The molecule has 0 fully saturated rings. The summed E-state index contributed by atoms with van der Waals surface area (Å²) >= 11 is 0. The van der Waals surface area contributed by atoms with Gasteiger partial charge < -0.3 is 9.47 Å². The third-order valence-electron chi connectivity index (χ3n) is 5.23. The summed E-state index contributed by atoms with van der Waals surface area (Å²) < 4.78 is 54.3. The molecule has 3 aromatic rings. The summed E-state index contributed by atoms with van der Waals surface area (Å²) in [6, 6.07) is 3.31. The van der Waals surface area contributed by atoms with E-state index in [0.29, 0.717) is 11.4 Å². The van der Waals surface area contributed by atoms with Gasteiger partial charge in [0.1, 0.15) is 5.76 Å². The Hall–Kier alpha value is -4.35. The van der Waals surface area contributed by atoms with Crippen LogP contribution in [0.2, 0.25) is 0 Å². The van der Waals surface area contributed by atoms with Gasteiger partial charge in [-0.3, -0.25) is 4.79 Å². The van der Waals surface area contributed by atoms with Crippen LogP contribution in [0, 0.1) is 0 Å². The molecule has 202 valence electrons. The second-order valence-electron chi connectivity index (χ2n) is 8.10. The van der Waals surface area contributed by atoms with E-state index in [1.54, 1.807) is 43.1 Å². The van der Waals surface area contributed by atoms with Crippen LogP contribution in [0.5, 0.6) is 5.75 Å². The van der Waals surface area contributed by atoms with E-state index < -0.39 is 18.2 Å². The lowest BCUT2D eigenvalue weighted by molar-refractivity contribution is -0.163. The molecule has 0 aromatic carbocycles. The molecule has 0 atom stereocenters. The highest BCUT2D eigenvalue weighted by Crippen LogP contribution is 2.24. The van der Waals surface area contributed by atoms with E-state index in [1.807, 2.05) is 32.1 Å². The summed E-state index contributed by atoms with van der Waals surface area (Å²) in [6.07, 6.45) is 8.39. The molecule has 3 heterocycles. The van der Waals surface area contributed by atoms with Crippen molar-refractivity contribution in [3.8, 4) is 17.1 Å². The largest absolute Gasteiger partial charge is 0.488 e. The first-order chi connectivity index (χ1) is 18.1. The highest BCUT2D eigenvalue weighted by atomic mass is 19.4. The molecule has 38 heavy (non-hydrogen) atoms. The van der Waals surface area contributed by atoms with Crippen molar-refractivity contribution in [3.05, 3.63) is 77.2 Å². The number of allylic oxidation sites excluding steroid dienone is 7. The zero-order valence-electron chi connectivity index (χ0n) is 21.7. The first kappa shape index (κ1) is 28.2. The van der Waals surface area contributed by atoms with Gasteiger partial charge in [-0.05, 0) is 52.8 Å². The van der Waals surface area contributed by atoms with Crippen LogP contribution in [-0.4, -0.2) is 48.7 Å². The maximum Gasteiger partial charge on any atom is 0.422 e. The summed E-state index contributed by atoms with van der Waals surface area (Å²) in [6.45, 7) is 7.28. The summed E-state index contributed by atoms with van der Waals surface area (Å²) in [5, 5.41) is 12.9. The smallest absolute Gasteiger partial charge is 0.422 e. The van der Waals surface area contributed by atoms with E-state index in [2.05, 4.69) is 15.3 Å². The van der Waals surface area contributed by atoms with Crippen LogP contribution >= 0.6 is 0 Å². The van der Waals surface area contributed by atoms with Gasteiger partial charge >= 0.3 is 6.18 Å². The maximum atomic E-state index is 13.3. The molecule has 0 saturated carbocycles. The molecular weight excluding hydrogens is 501 g/mol. The van der Waals surface area contributed by atoms with Gasteiger partial charge in [-0.25, -0.2) is 14.0 Å². The third-order valence-corrected chi connectivity index (χ3v) is 5.23. The van der Waals surface area contributed by atoms with Crippen LogP contribution in [-0.2, 0) is 4.74 Å². The van der Waals surface area contributed by atoms with Gasteiger partial charge in [-0.15, -0.1) is 0 Å². The number of hydrogen-bond donors (Lipinski definition) is 0. The minimum absolute atomic E-state index is 0.00368. The third kappa shape index (κ3) is 6.90. The fraction of sp³-hybridized carbons (Fsp3) is 0.308. The Balaban J connectivity index is 2.23. The van der Waals surface area contributed by atoms with Gasteiger partial charge in [0.05, 0.1) is 30.4 Å². The summed E-state index contributed by atoms with van der Waals surface area (Å²) in [7, 11) is 0. The Labute approximate surface area is 217 Å². The fourth-order valence-electron chi connectivity index (χ4n) is 3.39. The summed E-state index contributed by atoms with van der Waals surface area (Å²) in [4.78, 5) is 13.3. The molecule has 0 aliphatic heterocycles. The number of hydrogen-bond acceptors (Lipinski definition) is 6. The van der Waals surface area contributed by atoms with E-state index >= 15 is 0 Å². The highest BCUT2D eigenvalue weighted by Gasteiger charge is 2.29. The van der Waals surface area contributed by atoms with Crippen molar-refractivity contribution in [1.29, 1.82) is 0 Å². The van der Waals surface area contributed by atoms with Crippen LogP contribution in [0.3, 0.4) is 0 Å². The molecule has 0 unspecified atom stereocenters. The molecule has 9 nitrogen and oxygen atoms in total. The average Bonchev–Trinajstić information content (AvgIpc) is 3.58. The van der Waals surface area contributed by atoms with Gasteiger partial charge in [0.15, 0.2) is 18.1 Å². The predicted octanol–water partition coefficient (Wildman–Crippen LogP) is 5.47. The van der Waals surface area contributed by atoms with Crippen molar-refractivity contribution < 1.29 is 22.6 Å². The molecule has 0 N–H and O–H groups in total. The Morgan fingerprint density at radius 3 is 2.50 bits per heavy atom. The molecule has 3 aromatic heterocycles. The second-order valence-corrected chi connectivity index (χ2v) is 8.10. The van der Waals surface area contributed by atoms with Gasteiger partial charge in [0.25, 0.3) is 5.43 Å². The topological polar surface area (TPSA) is 89.0 Å². The number of alkyl halides is 3. The van der Waals surface area contributed by atoms with Crippen LogP contribution < -0.4 is 10.2 Å². The lowest BCUT2D eigenvalue weighted by Gasteiger charge is -2.17. The number of ether oxygens (including phenoxy) is 2. The highest BCUT2D eigenvalue weighted by molar-refractivity contribution is 5.63. The van der Waals surface area contributed by atoms with Crippen LogP contribution in [0.25, 0.3) is 28.5 Å². The molecule has 3 rings (SSSR count). The molecule has 0 aliphatic carbocycles. The summed E-state index contributed by atoms with van der Waals surface area (Å²) in [5.74, 6) is -0.139. The van der Waals surface area contributed by atoms with E-state index in [0.717, 1.165) is 5.70 Å². The molecular formula is C26H29F3N6O3. The monoisotopic (exact) mass is 530 g/mol. The predicted molar refractivity (Wildman–Crippen MR) is 139 cm³/mol. The van der Waals surface area contributed by atoms with Gasteiger partial charge in [-0.2, -0.15) is 28.5 Å². The Morgan fingerprint density at radius 1 is 1.11 bits per heavy atom. The van der Waals surface area contributed by atoms with E-state index in [1.165, 1.54) is 34.8 Å². The SMILES string of the molecule is CC=CC=C(C)n1nccc1-c1nn(C(C)=C(C=C(C)n2cccn2)OCC(F)(F)F)cc(OCC)c1=O. The van der Waals surface area contributed by atoms with E-state index in [4.69, 9.17) is 9.47 Å². The second kappa shape index (κ2) is 12.3. The van der Waals surface area contributed by atoms with Crippen molar-refractivity contribution in [2.24, 2.45) is 0 Å². The lowest BCUT2D eigenvalue weighted by atomic mass is 10.2. The zero-order valence-corrected chi connectivity index (χ0v) is 21.7. The number of halogens is 3. The first-order valence-corrected chi connectivity index (χ1v) is 11.8. The number of aromatic nitrogens is 6. The standard InChI is InChI=1S/C26H29F3N6O3/c1-6-8-10-18(3)35-21(11-13-31-35)24-25(36)23(37-7-2)16-34(32-24)20(5)22(38-17-26(27,28)29)15-19(4)33-14-9-12-30-33/h6,8-16H,7,17H2,1-5H3. The first-order valence-electron chi connectivity index (χ1n) is 11.8. The fourth-order valence-corrected chi connectivity index (χ4v) is 3.39. The molecule has 0 spiro atoms. The van der Waals surface area contributed by atoms with Crippen LogP contribution in [0.15, 0.2) is 71.8 Å². The normalized spacial score (nSPS) is 13.7. The van der Waals surface area contributed by atoms with Crippen molar-refractivity contribution in [2.75, 3.05) is 13.2 Å². The molecule has 0 saturated heterocycles. The van der Waals surface area contributed by atoms with Crippen molar-refractivity contribution in [2.45, 2.75) is 40.8 Å². The lowest BCUT2D eigenvalue weighted by Crippen LogP contribution is -2.20. The van der Waals surface area contributed by atoms with E-state index in [9.17, 15) is 18.0 Å². The van der Waals surface area contributed by atoms with Gasteiger partial charge in [-0.1, -0.05) is 12.2 Å². The maximum absolute atomic E-state index is 13.3. The molecule has 0 radical (unpaired) electrons. The van der Waals surface area contributed by atoms with Gasteiger partial charge in [0.2, 0.25) is 0 Å².